The molecule has 25 heavy (non-hydrogen) atoms. The molecule has 0 amide bonds. The molecule has 0 spiro atoms. The third-order valence-corrected chi connectivity index (χ3v) is 12.2. The van der Waals surface area contributed by atoms with E-state index in [0.29, 0.717) is 28.5 Å². The molecule has 1 heterocycles. The van der Waals surface area contributed by atoms with Crippen LogP contribution in [-0.2, 0) is 14.0 Å². The Hall–Kier alpha value is -0.683. The SMILES string of the molecule is CCOC(=O)/C=C(/CCC1C=CCS1)O[Si](C(C)C)(C(C)C)C(C)C. The molecule has 1 atom stereocenters. The quantitative estimate of drug-likeness (QED) is 0.150. The summed E-state index contributed by atoms with van der Waals surface area (Å²) in [4.78, 5) is 12.1. The van der Waals surface area contributed by atoms with Gasteiger partial charge in [-0.1, -0.05) is 53.7 Å². The zero-order valence-electron chi connectivity index (χ0n) is 17.0. The Kier molecular flexibility index (Phi) is 9.36. The lowest BCUT2D eigenvalue weighted by molar-refractivity contribution is -0.137. The van der Waals surface area contributed by atoms with E-state index >= 15 is 0 Å². The first kappa shape index (κ1) is 22.4. The molecular weight excluding hydrogens is 348 g/mol. The van der Waals surface area contributed by atoms with E-state index in [4.69, 9.17) is 9.16 Å². The van der Waals surface area contributed by atoms with Gasteiger partial charge in [0.1, 0.15) is 0 Å². The van der Waals surface area contributed by atoms with Gasteiger partial charge < -0.3 is 9.16 Å². The fourth-order valence-corrected chi connectivity index (χ4v) is 10.3. The highest BCUT2D eigenvalue weighted by Gasteiger charge is 2.47. The third-order valence-electron chi connectivity index (χ3n) is 5.01. The summed E-state index contributed by atoms with van der Waals surface area (Å²) in [5.41, 5.74) is 1.46. The van der Waals surface area contributed by atoms with Crippen molar-refractivity contribution in [3.05, 3.63) is 24.0 Å². The molecule has 0 aromatic heterocycles. The molecule has 3 nitrogen and oxygen atoms in total. The first-order valence-electron chi connectivity index (χ1n) is 9.58. The summed E-state index contributed by atoms with van der Waals surface area (Å²) in [5.74, 6) is 1.62. The number of thioether (sulfide) groups is 1. The van der Waals surface area contributed by atoms with E-state index in [0.717, 1.165) is 24.4 Å². The van der Waals surface area contributed by atoms with E-state index in [1.807, 2.05) is 18.7 Å². The molecule has 0 bridgehead atoms. The standard InChI is InChI=1S/C20H36O3SSi/c1-8-22-20(21)14-18(11-12-19-10-9-13-24-19)23-25(15(2)3,16(4)5)17(6)7/h9-10,14-17,19H,8,11-13H2,1-7H3/b18-14-. The highest BCUT2D eigenvalue weighted by atomic mass is 32.2. The van der Waals surface area contributed by atoms with Crippen molar-refractivity contribution in [2.45, 2.75) is 83.2 Å². The largest absolute Gasteiger partial charge is 0.545 e. The second-order valence-electron chi connectivity index (χ2n) is 7.62. The predicted octanol–water partition coefficient (Wildman–Crippen LogP) is 6.08. The molecule has 0 saturated carbocycles. The first-order valence-corrected chi connectivity index (χ1v) is 12.8. The molecule has 0 N–H and O–H groups in total. The number of carbonyl (C=O) groups excluding carboxylic acids is 1. The highest BCUT2D eigenvalue weighted by molar-refractivity contribution is 8.00. The molecule has 0 aromatic rings. The summed E-state index contributed by atoms with van der Waals surface area (Å²) in [6.45, 7) is 15.8. The van der Waals surface area contributed by atoms with E-state index in [1.165, 1.54) is 0 Å². The summed E-state index contributed by atoms with van der Waals surface area (Å²) >= 11 is 1.95. The Labute approximate surface area is 159 Å². The minimum Gasteiger partial charge on any atom is -0.545 e. The maximum Gasteiger partial charge on any atom is 0.334 e. The molecule has 0 aromatic carbocycles. The number of allylic oxidation sites excluding steroid dienone is 1. The van der Waals surface area contributed by atoms with Crippen molar-refractivity contribution >= 4 is 26.0 Å². The van der Waals surface area contributed by atoms with Crippen LogP contribution in [0.25, 0.3) is 0 Å². The number of hydrogen-bond donors (Lipinski definition) is 0. The maximum atomic E-state index is 12.1. The number of rotatable bonds is 10. The molecule has 144 valence electrons. The van der Waals surface area contributed by atoms with Gasteiger partial charge in [-0.2, -0.15) is 11.8 Å². The minimum atomic E-state index is -2.06. The Morgan fingerprint density at radius 3 is 2.24 bits per heavy atom. The van der Waals surface area contributed by atoms with E-state index in [1.54, 1.807) is 6.08 Å². The molecule has 1 unspecified atom stereocenters. The fraction of sp³-hybridized carbons (Fsp3) is 0.750. The van der Waals surface area contributed by atoms with Crippen molar-refractivity contribution in [2.75, 3.05) is 12.4 Å². The van der Waals surface area contributed by atoms with Crippen molar-refractivity contribution in [3.63, 3.8) is 0 Å². The van der Waals surface area contributed by atoms with Crippen LogP contribution in [0.4, 0.5) is 0 Å². The van der Waals surface area contributed by atoms with Crippen molar-refractivity contribution in [3.8, 4) is 0 Å². The van der Waals surface area contributed by atoms with Crippen molar-refractivity contribution in [2.24, 2.45) is 0 Å². The van der Waals surface area contributed by atoms with Crippen molar-refractivity contribution < 1.29 is 14.0 Å². The summed E-state index contributed by atoms with van der Waals surface area (Å²) in [6.07, 6.45) is 7.89. The lowest BCUT2D eigenvalue weighted by Crippen LogP contribution is -2.47. The molecule has 0 radical (unpaired) electrons. The predicted molar refractivity (Wildman–Crippen MR) is 111 cm³/mol. The van der Waals surface area contributed by atoms with Crippen molar-refractivity contribution in [1.29, 1.82) is 0 Å². The Bertz CT molecular complexity index is 462. The van der Waals surface area contributed by atoms with Gasteiger partial charge in [0.25, 0.3) is 8.32 Å². The number of esters is 1. The lowest BCUT2D eigenvalue weighted by Gasteiger charge is -2.43. The van der Waals surface area contributed by atoms with E-state index in [2.05, 4.69) is 53.7 Å². The second-order valence-corrected chi connectivity index (χ2v) is 14.3. The Balaban J connectivity index is 3.02. The second kappa shape index (κ2) is 10.5. The molecule has 1 rings (SSSR count). The van der Waals surface area contributed by atoms with Crippen molar-refractivity contribution in [1.82, 2.24) is 0 Å². The summed E-state index contributed by atoms with van der Waals surface area (Å²) < 4.78 is 11.9. The molecule has 0 aliphatic carbocycles. The van der Waals surface area contributed by atoms with Crippen LogP contribution in [0.5, 0.6) is 0 Å². The Morgan fingerprint density at radius 1 is 1.20 bits per heavy atom. The van der Waals surface area contributed by atoms with Crippen LogP contribution in [0.2, 0.25) is 16.6 Å². The number of hydrogen-bond acceptors (Lipinski definition) is 4. The molecule has 1 aliphatic rings. The average molecular weight is 385 g/mol. The van der Waals surface area contributed by atoms with Gasteiger partial charge in [-0.25, -0.2) is 4.79 Å². The highest BCUT2D eigenvalue weighted by Crippen LogP contribution is 2.44. The first-order chi connectivity index (χ1) is 11.7. The number of ether oxygens (including phenoxy) is 1. The molecule has 0 saturated heterocycles. The van der Waals surface area contributed by atoms with Gasteiger partial charge in [0.05, 0.1) is 18.4 Å². The zero-order valence-corrected chi connectivity index (χ0v) is 18.8. The van der Waals surface area contributed by atoms with Gasteiger partial charge in [0, 0.05) is 17.4 Å². The zero-order chi connectivity index (χ0) is 19.0. The van der Waals surface area contributed by atoms with E-state index in [-0.39, 0.29) is 5.97 Å². The third kappa shape index (κ3) is 6.21. The van der Waals surface area contributed by atoms with E-state index in [9.17, 15) is 4.79 Å². The summed E-state index contributed by atoms with van der Waals surface area (Å²) in [6, 6.07) is 0. The maximum absolute atomic E-state index is 12.1. The fourth-order valence-electron chi connectivity index (χ4n) is 3.95. The lowest BCUT2D eigenvalue weighted by atomic mass is 10.2. The summed E-state index contributed by atoms with van der Waals surface area (Å²) in [7, 11) is -2.06. The number of carbonyl (C=O) groups is 1. The van der Waals surface area contributed by atoms with E-state index < -0.39 is 8.32 Å². The Morgan fingerprint density at radius 2 is 1.80 bits per heavy atom. The monoisotopic (exact) mass is 384 g/mol. The molecule has 0 fully saturated rings. The van der Waals surface area contributed by atoms with Crippen LogP contribution in [0, 0.1) is 0 Å². The molecule has 5 heteroatoms. The van der Waals surface area contributed by atoms with Gasteiger partial charge in [0.2, 0.25) is 0 Å². The molecular formula is C20H36O3SSi. The van der Waals surface area contributed by atoms with Crippen LogP contribution >= 0.6 is 11.8 Å². The average Bonchev–Trinajstić information content (AvgIpc) is 3.02. The minimum absolute atomic E-state index is 0.286. The van der Waals surface area contributed by atoms with Gasteiger partial charge in [0.15, 0.2) is 0 Å². The van der Waals surface area contributed by atoms with Gasteiger partial charge in [-0.3, -0.25) is 0 Å². The van der Waals surface area contributed by atoms with Crippen LogP contribution in [0.1, 0.15) is 61.3 Å². The van der Waals surface area contributed by atoms with Gasteiger partial charge in [-0.15, -0.1) is 0 Å². The van der Waals surface area contributed by atoms with Gasteiger partial charge >= 0.3 is 5.97 Å². The van der Waals surface area contributed by atoms with Gasteiger partial charge in [-0.05, 0) is 30.0 Å². The van der Waals surface area contributed by atoms with Crippen LogP contribution < -0.4 is 0 Å². The normalized spacial score (nSPS) is 18.5. The van der Waals surface area contributed by atoms with Crippen LogP contribution in [-0.4, -0.2) is 31.9 Å². The summed E-state index contributed by atoms with van der Waals surface area (Å²) in [5, 5.41) is 0.530. The smallest absolute Gasteiger partial charge is 0.334 e. The van der Waals surface area contributed by atoms with Crippen LogP contribution in [0.15, 0.2) is 24.0 Å². The topological polar surface area (TPSA) is 35.5 Å². The van der Waals surface area contributed by atoms with Crippen LogP contribution in [0.3, 0.4) is 0 Å². The molecule has 1 aliphatic heterocycles.